The van der Waals surface area contributed by atoms with Gasteiger partial charge < -0.3 is 4.74 Å². The lowest BCUT2D eigenvalue weighted by molar-refractivity contribution is -0.144. The maximum atomic E-state index is 11.5. The smallest absolute Gasteiger partial charge is 0.320 e. The highest BCUT2D eigenvalue weighted by Crippen LogP contribution is 2.17. The van der Waals surface area contributed by atoms with Crippen LogP contribution in [-0.4, -0.2) is 55.1 Å². The van der Waals surface area contributed by atoms with E-state index in [9.17, 15) is 4.79 Å². The van der Waals surface area contributed by atoms with Gasteiger partial charge in [-0.05, 0) is 29.3 Å². The monoisotopic (exact) mass is 312 g/mol. The highest BCUT2D eigenvalue weighted by Gasteiger charge is 2.19. The lowest BCUT2D eigenvalue weighted by Gasteiger charge is -2.34. The van der Waals surface area contributed by atoms with Crippen molar-refractivity contribution in [2.24, 2.45) is 0 Å². The summed E-state index contributed by atoms with van der Waals surface area (Å²) >= 11 is 0. The van der Waals surface area contributed by atoms with E-state index in [0.29, 0.717) is 13.2 Å². The summed E-state index contributed by atoms with van der Waals surface area (Å²) in [4.78, 5) is 16.2. The van der Waals surface area contributed by atoms with Crippen molar-refractivity contribution < 1.29 is 9.53 Å². The number of nitrogens with zero attached hydrogens (tertiary/aromatic N) is 2. The number of hydrogen-bond donors (Lipinski definition) is 0. The van der Waals surface area contributed by atoms with Crippen molar-refractivity contribution in [3.8, 4) is 0 Å². The number of esters is 1. The molecule has 1 saturated heterocycles. The Morgan fingerprint density at radius 1 is 1.00 bits per heavy atom. The van der Waals surface area contributed by atoms with E-state index in [1.165, 1.54) is 16.3 Å². The molecular formula is C19H24N2O2. The lowest BCUT2D eigenvalue weighted by atomic mass is 10.1. The summed E-state index contributed by atoms with van der Waals surface area (Å²) in [6.07, 6.45) is 0. The van der Waals surface area contributed by atoms with Gasteiger partial charge in [0.25, 0.3) is 0 Å². The molecule has 2 aromatic rings. The number of piperazine rings is 1. The predicted octanol–water partition coefficient (Wildman–Crippen LogP) is 2.52. The van der Waals surface area contributed by atoms with Crippen LogP contribution in [0.1, 0.15) is 12.5 Å². The number of benzene rings is 2. The Morgan fingerprint density at radius 2 is 1.70 bits per heavy atom. The van der Waals surface area contributed by atoms with Gasteiger partial charge in [-0.2, -0.15) is 0 Å². The van der Waals surface area contributed by atoms with Gasteiger partial charge in [0.05, 0.1) is 13.2 Å². The summed E-state index contributed by atoms with van der Waals surface area (Å²) in [6.45, 7) is 7.52. The van der Waals surface area contributed by atoms with E-state index in [-0.39, 0.29) is 5.97 Å². The van der Waals surface area contributed by atoms with Crippen molar-refractivity contribution in [3.05, 3.63) is 48.0 Å². The first-order valence-electron chi connectivity index (χ1n) is 8.32. The zero-order valence-electron chi connectivity index (χ0n) is 13.7. The standard InChI is InChI=1S/C19H24N2O2/c1-2-23-19(22)15-21-11-9-20(10-12-21)14-16-7-8-17-5-3-4-6-18(17)13-16/h3-8,13H,2,9-12,14-15H2,1H3. The van der Waals surface area contributed by atoms with E-state index in [1.807, 2.05) is 6.92 Å². The van der Waals surface area contributed by atoms with Crippen molar-refractivity contribution in [3.63, 3.8) is 0 Å². The molecule has 122 valence electrons. The fraction of sp³-hybridized carbons (Fsp3) is 0.421. The van der Waals surface area contributed by atoms with Gasteiger partial charge in [-0.3, -0.25) is 14.6 Å². The first-order valence-corrected chi connectivity index (χ1v) is 8.32. The van der Waals surface area contributed by atoms with Crippen LogP contribution in [-0.2, 0) is 16.1 Å². The molecule has 2 aromatic carbocycles. The van der Waals surface area contributed by atoms with Crippen LogP contribution in [0.15, 0.2) is 42.5 Å². The molecule has 1 fully saturated rings. The molecule has 0 bridgehead atoms. The van der Waals surface area contributed by atoms with Crippen LogP contribution < -0.4 is 0 Å². The summed E-state index contributed by atoms with van der Waals surface area (Å²) in [5, 5.41) is 2.58. The van der Waals surface area contributed by atoms with Gasteiger partial charge in [0.15, 0.2) is 0 Å². The summed E-state index contributed by atoms with van der Waals surface area (Å²) in [6, 6.07) is 15.2. The summed E-state index contributed by atoms with van der Waals surface area (Å²) < 4.78 is 5.01. The van der Waals surface area contributed by atoms with Crippen LogP contribution in [0, 0.1) is 0 Å². The summed E-state index contributed by atoms with van der Waals surface area (Å²) in [5.41, 5.74) is 1.35. The molecule has 1 aliphatic heterocycles. The van der Waals surface area contributed by atoms with Crippen LogP contribution in [0.5, 0.6) is 0 Å². The van der Waals surface area contributed by atoms with Crippen molar-refractivity contribution in [1.29, 1.82) is 0 Å². The van der Waals surface area contributed by atoms with E-state index in [4.69, 9.17) is 4.74 Å². The average molecular weight is 312 g/mol. The van der Waals surface area contributed by atoms with Gasteiger partial charge in [0.1, 0.15) is 0 Å². The van der Waals surface area contributed by atoms with Crippen LogP contribution >= 0.6 is 0 Å². The fourth-order valence-corrected chi connectivity index (χ4v) is 3.09. The van der Waals surface area contributed by atoms with E-state index in [0.717, 1.165) is 32.7 Å². The minimum absolute atomic E-state index is 0.115. The molecule has 0 radical (unpaired) electrons. The normalized spacial score (nSPS) is 16.6. The Labute approximate surface area is 137 Å². The largest absolute Gasteiger partial charge is 0.465 e. The van der Waals surface area contributed by atoms with E-state index in [2.05, 4.69) is 52.3 Å². The molecule has 4 nitrogen and oxygen atoms in total. The molecule has 0 unspecified atom stereocenters. The molecule has 4 heteroatoms. The molecule has 1 heterocycles. The fourth-order valence-electron chi connectivity index (χ4n) is 3.09. The van der Waals surface area contributed by atoms with Crippen molar-refractivity contribution in [2.45, 2.75) is 13.5 Å². The third-order valence-corrected chi connectivity index (χ3v) is 4.34. The molecule has 0 amide bonds. The van der Waals surface area contributed by atoms with Crippen LogP contribution in [0.3, 0.4) is 0 Å². The maximum absolute atomic E-state index is 11.5. The first kappa shape index (κ1) is 16.0. The molecule has 0 spiro atoms. The zero-order chi connectivity index (χ0) is 16.1. The number of carbonyl (C=O) groups is 1. The number of rotatable bonds is 5. The molecule has 0 saturated carbocycles. The molecular weight excluding hydrogens is 288 g/mol. The molecule has 3 rings (SSSR count). The van der Waals surface area contributed by atoms with Gasteiger partial charge in [0.2, 0.25) is 0 Å². The van der Waals surface area contributed by atoms with Crippen molar-refractivity contribution in [2.75, 3.05) is 39.3 Å². The Morgan fingerprint density at radius 3 is 2.43 bits per heavy atom. The average Bonchev–Trinajstić information content (AvgIpc) is 2.57. The Kier molecular flexibility index (Phi) is 5.26. The Bertz CT molecular complexity index is 663. The molecule has 0 N–H and O–H groups in total. The minimum atomic E-state index is -0.115. The van der Waals surface area contributed by atoms with Gasteiger partial charge in [-0.25, -0.2) is 0 Å². The number of hydrogen-bond acceptors (Lipinski definition) is 4. The Hall–Kier alpha value is -1.91. The molecule has 0 aromatic heterocycles. The van der Waals surface area contributed by atoms with E-state index < -0.39 is 0 Å². The Balaban J connectivity index is 1.52. The highest BCUT2D eigenvalue weighted by molar-refractivity contribution is 5.82. The third-order valence-electron chi connectivity index (χ3n) is 4.34. The van der Waals surface area contributed by atoms with Gasteiger partial charge in [0, 0.05) is 32.7 Å². The van der Waals surface area contributed by atoms with Crippen LogP contribution in [0.25, 0.3) is 10.8 Å². The highest BCUT2D eigenvalue weighted by atomic mass is 16.5. The number of ether oxygens (including phenoxy) is 1. The predicted molar refractivity (Wildman–Crippen MR) is 92.3 cm³/mol. The van der Waals surface area contributed by atoms with Gasteiger partial charge in [-0.15, -0.1) is 0 Å². The maximum Gasteiger partial charge on any atom is 0.320 e. The minimum Gasteiger partial charge on any atom is -0.465 e. The summed E-state index contributed by atoms with van der Waals surface area (Å²) in [7, 11) is 0. The second kappa shape index (κ2) is 7.57. The van der Waals surface area contributed by atoms with Gasteiger partial charge >= 0.3 is 5.97 Å². The quantitative estimate of drug-likeness (QED) is 0.794. The van der Waals surface area contributed by atoms with Crippen LogP contribution in [0.2, 0.25) is 0 Å². The van der Waals surface area contributed by atoms with Crippen molar-refractivity contribution in [1.82, 2.24) is 9.80 Å². The number of carbonyl (C=O) groups excluding carboxylic acids is 1. The molecule has 1 aliphatic rings. The molecule has 0 aliphatic carbocycles. The van der Waals surface area contributed by atoms with E-state index >= 15 is 0 Å². The summed E-state index contributed by atoms with van der Waals surface area (Å²) in [5.74, 6) is -0.115. The van der Waals surface area contributed by atoms with Crippen LogP contribution in [0.4, 0.5) is 0 Å². The molecule has 0 atom stereocenters. The SMILES string of the molecule is CCOC(=O)CN1CCN(Cc2ccc3ccccc3c2)CC1. The first-order chi connectivity index (χ1) is 11.2. The van der Waals surface area contributed by atoms with Gasteiger partial charge in [-0.1, -0.05) is 36.4 Å². The second-order valence-corrected chi connectivity index (χ2v) is 6.04. The molecule has 23 heavy (non-hydrogen) atoms. The van der Waals surface area contributed by atoms with E-state index in [1.54, 1.807) is 0 Å². The second-order valence-electron chi connectivity index (χ2n) is 6.04. The van der Waals surface area contributed by atoms with Crippen molar-refractivity contribution >= 4 is 16.7 Å². The topological polar surface area (TPSA) is 32.8 Å². The zero-order valence-corrected chi connectivity index (χ0v) is 13.7. The number of fused-ring (bicyclic) bond motifs is 1. The lowest BCUT2D eigenvalue weighted by Crippen LogP contribution is -2.47. The third kappa shape index (κ3) is 4.30.